The van der Waals surface area contributed by atoms with Gasteiger partial charge in [-0.3, -0.25) is 0 Å². The van der Waals surface area contributed by atoms with Gasteiger partial charge in [-0.1, -0.05) is 31.4 Å². The van der Waals surface area contributed by atoms with Gasteiger partial charge in [0.25, 0.3) is 0 Å². The molecule has 1 aromatic carbocycles. The van der Waals surface area contributed by atoms with Crippen LogP contribution in [-0.2, 0) is 10.0 Å². The molecule has 4 nitrogen and oxygen atoms in total. The van der Waals surface area contributed by atoms with Crippen LogP contribution in [0.3, 0.4) is 0 Å². The van der Waals surface area contributed by atoms with E-state index in [-0.39, 0.29) is 16.0 Å². The van der Waals surface area contributed by atoms with E-state index in [9.17, 15) is 8.42 Å². The predicted octanol–water partition coefficient (Wildman–Crippen LogP) is 3.12. The van der Waals surface area contributed by atoms with E-state index in [1.807, 2.05) is 0 Å². The van der Waals surface area contributed by atoms with E-state index in [2.05, 4.69) is 6.92 Å². The summed E-state index contributed by atoms with van der Waals surface area (Å²) in [6.45, 7) is 2.17. The highest BCUT2D eigenvalue weighted by atomic mass is 35.5. The number of nitrogen functional groups attached to an aromatic ring is 1. The Morgan fingerprint density at radius 1 is 1.35 bits per heavy atom. The van der Waals surface area contributed by atoms with Crippen molar-refractivity contribution < 1.29 is 8.42 Å². The number of halogens is 1. The van der Waals surface area contributed by atoms with Crippen molar-refractivity contribution in [2.75, 3.05) is 12.8 Å². The van der Waals surface area contributed by atoms with Gasteiger partial charge in [0, 0.05) is 13.1 Å². The first-order valence-electron chi connectivity index (χ1n) is 6.85. The standard InChI is InChI=1S/C14H21ClN2O2S/c1-10-4-3-5-11(8-10)17(2)20(18,19)12-6-7-14(16)13(15)9-12/h6-7,9-11H,3-5,8,16H2,1-2H3. The number of nitrogens with two attached hydrogens (primary N) is 1. The van der Waals surface area contributed by atoms with Gasteiger partial charge in [0.15, 0.2) is 0 Å². The molecule has 0 amide bonds. The van der Waals surface area contributed by atoms with Gasteiger partial charge < -0.3 is 5.73 Å². The van der Waals surface area contributed by atoms with Crippen molar-refractivity contribution in [3.8, 4) is 0 Å². The maximum absolute atomic E-state index is 12.6. The van der Waals surface area contributed by atoms with Crippen molar-refractivity contribution in [1.82, 2.24) is 4.31 Å². The minimum Gasteiger partial charge on any atom is -0.398 e. The first-order chi connectivity index (χ1) is 9.32. The van der Waals surface area contributed by atoms with Gasteiger partial charge in [-0.15, -0.1) is 0 Å². The van der Waals surface area contributed by atoms with Crippen LogP contribution in [-0.4, -0.2) is 25.8 Å². The van der Waals surface area contributed by atoms with Crippen LogP contribution in [0, 0.1) is 5.92 Å². The fourth-order valence-electron chi connectivity index (χ4n) is 2.76. The molecule has 1 aliphatic carbocycles. The van der Waals surface area contributed by atoms with Crippen LogP contribution in [0.5, 0.6) is 0 Å². The molecule has 20 heavy (non-hydrogen) atoms. The van der Waals surface area contributed by atoms with Crippen molar-refractivity contribution in [3.05, 3.63) is 23.2 Å². The van der Waals surface area contributed by atoms with Gasteiger partial charge in [-0.25, -0.2) is 8.42 Å². The van der Waals surface area contributed by atoms with Gasteiger partial charge in [-0.2, -0.15) is 4.31 Å². The molecule has 2 N–H and O–H groups in total. The molecule has 0 radical (unpaired) electrons. The molecule has 2 atom stereocenters. The molecule has 112 valence electrons. The predicted molar refractivity (Wildman–Crippen MR) is 82.2 cm³/mol. The summed E-state index contributed by atoms with van der Waals surface area (Å²) in [5.74, 6) is 0.571. The van der Waals surface area contributed by atoms with Crippen LogP contribution in [0.4, 0.5) is 5.69 Å². The van der Waals surface area contributed by atoms with Gasteiger partial charge in [0.2, 0.25) is 10.0 Å². The Kier molecular flexibility index (Phi) is 4.62. The maximum atomic E-state index is 12.6. The summed E-state index contributed by atoms with van der Waals surface area (Å²) in [5.41, 5.74) is 6.02. The average Bonchev–Trinajstić information content (AvgIpc) is 2.40. The van der Waals surface area contributed by atoms with E-state index in [4.69, 9.17) is 17.3 Å². The van der Waals surface area contributed by atoms with E-state index in [0.717, 1.165) is 19.3 Å². The summed E-state index contributed by atoms with van der Waals surface area (Å²) < 4.78 is 26.7. The van der Waals surface area contributed by atoms with Crippen molar-refractivity contribution >= 4 is 27.3 Å². The summed E-state index contributed by atoms with van der Waals surface area (Å²) in [5, 5.41) is 0.275. The Balaban J connectivity index is 2.26. The lowest BCUT2D eigenvalue weighted by molar-refractivity contribution is 0.239. The van der Waals surface area contributed by atoms with Crippen LogP contribution in [0.15, 0.2) is 23.1 Å². The van der Waals surface area contributed by atoms with Crippen LogP contribution >= 0.6 is 11.6 Å². The van der Waals surface area contributed by atoms with E-state index in [1.54, 1.807) is 7.05 Å². The minimum atomic E-state index is -3.51. The van der Waals surface area contributed by atoms with Crippen LogP contribution in [0.25, 0.3) is 0 Å². The topological polar surface area (TPSA) is 63.4 Å². The Morgan fingerprint density at radius 3 is 2.65 bits per heavy atom. The molecule has 0 heterocycles. The fraction of sp³-hybridized carbons (Fsp3) is 0.571. The molecular formula is C14H21ClN2O2S. The highest BCUT2D eigenvalue weighted by Crippen LogP contribution is 2.31. The molecule has 6 heteroatoms. The molecular weight excluding hydrogens is 296 g/mol. The zero-order valence-corrected chi connectivity index (χ0v) is 13.4. The molecule has 0 bridgehead atoms. The van der Waals surface area contributed by atoms with Crippen LogP contribution < -0.4 is 5.73 Å². The van der Waals surface area contributed by atoms with E-state index < -0.39 is 10.0 Å². The van der Waals surface area contributed by atoms with Crippen LogP contribution in [0.2, 0.25) is 5.02 Å². The number of sulfonamides is 1. The zero-order valence-electron chi connectivity index (χ0n) is 11.8. The summed E-state index contributed by atoms with van der Waals surface area (Å²) >= 11 is 5.93. The molecule has 2 unspecified atom stereocenters. The molecule has 0 aromatic heterocycles. The summed E-state index contributed by atoms with van der Waals surface area (Å²) in [4.78, 5) is 0.206. The highest BCUT2D eigenvalue weighted by Gasteiger charge is 2.31. The van der Waals surface area contributed by atoms with E-state index in [0.29, 0.717) is 11.6 Å². The molecule has 0 spiro atoms. The SMILES string of the molecule is CC1CCCC(N(C)S(=O)(=O)c2ccc(N)c(Cl)c2)C1. The second-order valence-corrected chi connectivity index (χ2v) is 8.03. The third kappa shape index (κ3) is 3.10. The lowest BCUT2D eigenvalue weighted by Crippen LogP contribution is -2.39. The zero-order chi connectivity index (χ0) is 14.9. The monoisotopic (exact) mass is 316 g/mol. The highest BCUT2D eigenvalue weighted by molar-refractivity contribution is 7.89. The van der Waals surface area contributed by atoms with Crippen LogP contribution in [0.1, 0.15) is 32.6 Å². The third-order valence-electron chi connectivity index (χ3n) is 4.07. The number of hydrogen-bond acceptors (Lipinski definition) is 3. The first-order valence-corrected chi connectivity index (χ1v) is 8.67. The van der Waals surface area contributed by atoms with Gasteiger partial charge in [-0.05, 0) is 37.0 Å². The van der Waals surface area contributed by atoms with Gasteiger partial charge in [0.05, 0.1) is 15.6 Å². The second kappa shape index (κ2) is 5.92. The Bertz CT molecular complexity index is 589. The summed E-state index contributed by atoms with van der Waals surface area (Å²) in [6, 6.07) is 4.54. The number of nitrogens with zero attached hydrogens (tertiary/aromatic N) is 1. The smallest absolute Gasteiger partial charge is 0.243 e. The molecule has 1 aromatic rings. The first kappa shape index (κ1) is 15.6. The Hall–Kier alpha value is -0.780. The maximum Gasteiger partial charge on any atom is 0.243 e. The third-order valence-corrected chi connectivity index (χ3v) is 6.31. The van der Waals surface area contributed by atoms with Crippen molar-refractivity contribution in [3.63, 3.8) is 0 Å². The number of rotatable bonds is 3. The van der Waals surface area contributed by atoms with Gasteiger partial charge in [0.1, 0.15) is 0 Å². The quantitative estimate of drug-likeness (QED) is 0.871. The Morgan fingerprint density at radius 2 is 2.05 bits per heavy atom. The molecule has 0 saturated heterocycles. The second-order valence-electron chi connectivity index (χ2n) is 5.63. The molecule has 1 saturated carbocycles. The molecule has 1 aliphatic rings. The fourth-order valence-corrected chi connectivity index (χ4v) is 4.43. The average molecular weight is 317 g/mol. The van der Waals surface area contributed by atoms with Crippen molar-refractivity contribution in [2.24, 2.45) is 5.92 Å². The van der Waals surface area contributed by atoms with Gasteiger partial charge >= 0.3 is 0 Å². The van der Waals surface area contributed by atoms with Crippen molar-refractivity contribution in [1.29, 1.82) is 0 Å². The lowest BCUT2D eigenvalue weighted by atomic mass is 9.87. The largest absolute Gasteiger partial charge is 0.398 e. The molecule has 0 aliphatic heterocycles. The number of anilines is 1. The normalized spacial score (nSPS) is 24.0. The number of benzene rings is 1. The number of hydrogen-bond donors (Lipinski definition) is 1. The van der Waals surface area contributed by atoms with E-state index >= 15 is 0 Å². The Labute approximate surface area is 126 Å². The summed E-state index contributed by atoms with van der Waals surface area (Å²) in [7, 11) is -1.85. The van der Waals surface area contributed by atoms with E-state index in [1.165, 1.54) is 28.9 Å². The van der Waals surface area contributed by atoms with Crippen molar-refractivity contribution in [2.45, 2.75) is 43.5 Å². The lowest BCUT2D eigenvalue weighted by Gasteiger charge is -2.33. The molecule has 2 rings (SSSR count). The summed E-state index contributed by atoms with van der Waals surface area (Å²) in [6.07, 6.45) is 4.09. The molecule has 1 fully saturated rings. The minimum absolute atomic E-state index is 0.0695.